The second-order valence-electron chi connectivity index (χ2n) is 5.97. The Labute approximate surface area is 147 Å². The fraction of sp³-hybridized carbons (Fsp3) is 0.400. The molecule has 1 heterocycles. The number of carbonyl (C=O) groups excluding carboxylic acids is 1. The van der Waals surface area contributed by atoms with Gasteiger partial charge in [-0.1, -0.05) is 40.6 Å². The quantitative estimate of drug-likeness (QED) is 0.343. The number of nitrogens with two attached hydrogens (primary N) is 1. The van der Waals surface area contributed by atoms with Crippen LogP contribution in [0.1, 0.15) is 18.9 Å². The van der Waals surface area contributed by atoms with Crippen molar-refractivity contribution < 1.29 is 18.8 Å². The van der Waals surface area contributed by atoms with Crippen LogP contribution in [-0.4, -0.2) is 40.6 Å². The normalized spacial score (nSPS) is 14.7. The number of aromatic nitrogens is 3. The maximum absolute atomic E-state index is 11.8. The van der Waals surface area contributed by atoms with Crippen LogP contribution in [0.2, 0.25) is 0 Å². The third-order valence-corrected chi connectivity index (χ3v) is 4.88. The third-order valence-electron chi connectivity index (χ3n) is 4.00. The number of hydroxylamine groups is 1. The molecule has 0 radical (unpaired) electrons. The van der Waals surface area contributed by atoms with Crippen LogP contribution in [0.15, 0.2) is 30.5 Å². The first-order valence-corrected chi connectivity index (χ1v) is 8.82. The van der Waals surface area contributed by atoms with Gasteiger partial charge in [-0.05, 0) is 18.9 Å². The van der Waals surface area contributed by atoms with Gasteiger partial charge in [0, 0.05) is 24.4 Å². The molecule has 2 aromatic rings. The number of nitrogens with one attached hydrogen (secondary N) is 1. The van der Waals surface area contributed by atoms with Crippen molar-refractivity contribution in [3.63, 3.8) is 0 Å². The minimum absolute atomic E-state index is 0.169. The van der Waals surface area contributed by atoms with E-state index < -0.39 is 28.2 Å². The second-order valence-corrected chi connectivity index (χ2v) is 6.86. The summed E-state index contributed by atoms with van der Waals surface area (Å²) in [5, 5.41) is 16.9. The minimum Gasteiger partial charge on any atom is -0.772 e. The number of hydrogen-bond donors (Lipinski definition) is 3. The molecule has 0 fully saturated rings. The van der Waals surface area contributed by atoms with E-state index in [4.69, 9.17) is 10.9 Å². The molecule has 0 aliphatic heterocycles. The van der Waals surface area contributed by atoms with Crippen molar-refractivity contribution in [3.8, 4) is 11.3 Å². The molecular formula is C15H20N5O4S-. The Balaban J connectivity index is 2.08. The molecule has 25 heavy (non-hydrogen) atoms. The SMILES string of the molecule is CC(CCn1cc(-c2ccc(CN)cc2)nn1)(CS(=O)[O-])C(=O)NO. The highest BCUT2D eigenvalue weighted by Crippen LogP contribution is 2.24. The van der Waals surface area contributed by atoms with Gasteiger partial charge in [0.05, 0.1) is 11.6 Å². The van der Waals surface area contributed by atoms with Gasteiger partial charge in [0.1, 0.15) is 5.69 Å². The summed E-state index contributed by atoms with van der Waals surface area (Å²) in [6, 6.07) is 7.59. The van der Waals surface area contributed by atoms with Crippen molar-refractivity contribution in [2.75, 3.05) is 5.75 Å². The number of nitrogens with zero attached hydrogens (tertiary/aromatic N) is 3. The molecule has 0 aliphatic carbocycles. The van der Waals surface area contributed by atoms with Crippen molar-refractivity contribution in [3.05, 3.63) is 36.0 Å². The smallest absolute Gasteiger partial charge is 0.250 e. The van der Waals surface area contributed by atoms with Gasteiger partial charge in [0.15, 0.2) is 0 Å². The second kappa shape index (κ2) is 8.30. The Hall–Kier alpha value is -2.14. The van der Waals surface area contributed by atoms with Gasteiger partial charge in [-0.15, -0.1) is 5.10 Å². The van der Waals surface area contributed by atoms with E-state index in [-0.39, 0.29) is 13.0 Å². The zero-order chi connectivity index (χ0) is 18.4. The van der Waals surface area contributed by atoms with E-state index in [9.17, 15) is 13.6 Å². The molecule has 136 valence electrons. The van der Waals surface area contributed by atoms with Crippen molar-refractivity contribution in [1.29, 1.82) is 0 Å². The Morgan fingerprint density at radius 2 is 2.12 bits per heavy atom. The van der Waals surface area contributed by atoms with E-state index in [1.807, 2.05) is 24.3 Å². The number of hydrogen-bond acceptors (Lipinski definition) is 7. The first kappa shape index (κ1) is 19.2. The van der Waals surface area contributed by atoms with Gasteiger partial charge in [0.25, 0.3) is 0 Å². The lowest BCUT2D eigenvalue weighted by Crippen LogP contribution is -2.42. The van der Waals surface area contributed by atoms with E-state index in [0.29, 0.717) is 12.2 Å². The lowest BCUT2D eigenvalue weighted by molar-refractivity contribution is -0.138. The number of rotatable bonds is 8. The molecule has 9 nitrogen and oxygen atoms in total. The van der Waals surface area contributed by atoms with Crippen LogP contribution in [0.5, 0.6) is 0 Å². The first-order chi connectivity index (χ1) is 11.9. The molecule has 0 spiro atoms. The molecule has 0 aliphatic rings. The Morgan fingerprint density at radius 3 is 2.68 bits per heavy atom. The van der Waals surface area contributed by atoms with E-state index in [0.717, 1.165) is 11.1 Å². The molecule has 0 saturated heterocycles. The molecule has 4 N–H and O–H groups in total. The summed E-state index contributed by atoms with van der Waals surface area (Å²) < 4.78 is 23.5. The molecule has 10 heteroatoms. The average molecular weight is 366 g/mol. The Kier molecular flexibility index (Phi) is 6.37. The van der Waals surface area contributed by atoms with Crippen LogP contribution in [0.25, 0.3) is 11.3 Å². The fourth-order valence-electron chi connectivity index (χ4n) is 2.36. The van der Waals surface area contributed by atoms with Gasteiger partial charge in [-0.3, -0.25) is 18.9 Å². The molecular weight excluding hydrogens is 346 g/mol. The number of aryl methyl sites for hydroxylation is 1. The summed E-state index contributed by atoms with van der Waals surface area (Å²) in [7, 11) is 0. The maximum Gasteiger partial charge on any atom is 0.250 e. The Bertz CT molecular complexity index is 749. The summed E-state index contributed by atoms with van der Waals surface area (Å²) in [6.45, 7) is 2.20. The molecule has 0 saturated carbocycles. The first-order valence-electron chi connectivity index (χ1n) is 7.58. The highest BCUT2D eigenvalue weighted by atomic mass is 32.2. The van der Waals surface area contributed by atoms with Crippen molar-refractivity contribution in [2.45, 2.75) is 26.4 Å². The van der Waals surface area contributed by atoms with Crippen molar-refractivity contribution in [2.24, 2.45) is 11.1 Å². The molecule has 1 aromatic carbocycles. The highest BCUT2D eigenvalue weighted by Gasteiger charge is 2.33. The lowest BCUT2D eigenvalue weighted by atomic mass is 9.88. The van der Waals surface area contributed by atoms with E-state index in [2.05, 4.69) is 10.3 Å². The van der Waals surface area contributed by atoms with E-state index >= 15 is 0 Å². The Morgan fingerprint density at radius 1 is 1.44 bits per heavy atom. The molecule has 2 rings (SSSR count). The van der Waals surface area contributed by atoms with Crippen LogP contribution in [-0.2, 0) is 29.0 Å². The van der Waals surface area contributed by atoms with Crippen LogP contribution in [0.3, 0.4) is 0 Å². The maximum atomic E-state index is 11.8. The monoisotopic (exact) mass is 366 g/mol. The summed E-state index contributed by atoms with van der Waals surface area (Å²) in [4.78, 5) is 11.8. The van der Waals surface area contributed by atoms with E-state index in [1.54, 1.807) is 6.20 Å². The molecule has 2 atom stereocenters. The standard InChI is InChI=1S/C15H21N5O4S/c1-15(10-25(23)24,14(21)18-22)6-7-20-9-13(17-19-20)12-4-2-11(8-16)3-5-12/h2-5,9,22H,6-8,10,16H2,1H3,(H,18,21)(H,23,24)/p-1. The topological polar surface area (TPSA) is 146 Å². The van der Waals surface area contributed by atoms with Crippen LogP contribution >= 0.6 is 0 Å². The summed E-state index contributed by atoms with van der Waals surface area (Å²) >= 11 is -2.42. The number of amides is 1. The predicted molar refractivity (Wildman–Crippen MR) is 89.8 cm³/mol. The molecule has 1 amide bonds. The van der Waals surface area contributed by atoms with Crippen LogP contribution in [0, 0.1) is 5.41 Å². The van der Waals surface area contributed by atoms with Gasteiger partial charge in [-0.2, -0.15) is 0 Å². The predicted octanol–water partition coefficient (Wildman–Crippen LogP) is 0.185. The zero-order valence-electron chi connectivity index (χ0n) is 13.7. The van der Waals surface area contributed by atoms with Gasteiger partial charge in [-0.25, -0.2) is 5.48 Å². The van der Waals surface area contributed by atoms with Crippen LogP contribution < -0.4 is 11.2 Å². The average Bonchev–Trinajstić information content (AvgIpc) is 3.08. The summed E-state index contributed by atoms with van der Waals surface area (Å²) in [5.41, 5.74) is 8.36. The molecule has 2 unspecified atom stereocenters. The third kappa shape index (κ3) is 4.92. The number of benzene rings is 1. The molecule has 1 aromatic heterocycles. The van der Waals surface area contributed by atoms with Crippen molar-refractivity contribution >= 4 is 17.0 Å². The number of carbonyl (C=O) groups is 1. The summed E-state index contributed by atoms with van der Waals surface area (Å²) in [5.74, 6) is -1.16. The lowest BCUT2D eigenvalue weighted by Gasteiger charge is -2.27. The molecule has 0 bridgehead atoms. The summed E-state index contributed by atoms with van der Waals surface area (Å²) in [6.07, 6.45) is 1.88. The largest absolute Gasteiger partial charge is 0.772 e. The minimum atomic E-state index is -2.42. The zero-order valence-corrected chi connectivity index (χ0v) is 14.5. The highest BCUT2D eigenvalue weighted by molar-refractivity contribution is 7.79. The van der Waals surface area contributed by atoms with Crippen molar-refractivity contribution in [1.82, 2.24) is 20.5 Å². The van der Waals surface area contributed by atoms with Gasteiger partial charge < -0.3 is 10.3 Å². The van der Waals surface area contributed by atoms with Gasteiger partial charge in [0.2, 0.25) is 5.91 Å². The van der Waals surface area contributed by atoms with Crippen LogP contribution in [0.4, 0.5) is 0 Å². The fourth-order valence-corrected chi connectivity index (χ4v) is 3.15. The van der Waals surface area contributed by atoms with Gasteiger partial charge >= 0.3 is 0 Å². The van der Waals surface area contributed by atoms with E-state index in [1.165, 1.54) is 17.1 Å².